The number of halogens is 1. The number of ether oxygens (including phenoxy) is 1. The number of hydrogen-bond donors (Lipinski definition) is 2. The molecule has 144 valence electrons. The zero-order valence-corrected chi connectivity index (χ0v) is 16.8. The molecule has 0 aliphatic carbocycles. The summed E-state index contributed by atoms with van der Waals surface area (Å²) >= 11 is 7.57. The van der Waals surface area contributed by atoms with Gasteiger partial charge in [0, 0.05) is 0 Å². The first-order valence-corrected chi connectivity index (χ1v) is 9.87. The molecule has 0 saturated heterocycles. The van der Waals surface area contributed by atoms with Crippen LogP contribution in [0.2, 0.25) is 5.02 Å². The number of carbonyl (C=O) groups is 1. The summed E-state index contributed by atoms with van der Waals surface area (Å²) in [5, 5.41) is 11.8. The molecule has 0 bridgehead atoms. The number of fused-ring (bicyclic) bond motifs is 1. The highest BCUT2D eigenvalue weighted by Crippen LogP contribution is 2.38. The van der Waals surface area contributed by atoms with Crippen LogP contribution < -0.4 is 15.5 Å². The molecular formula is C19H18ClN5O2S. The standard InChI is InChI=1S/C19H18ClN5O2S/c1-11-22-23-19-25(11)24-16(12-7-9-13(27-2)10-8-12)17(28-19)18(26)21-15-6-4-3-5-14(15)20/h3-10,16-17,24H,1-2H3,(H,21,26)/t16-,17+/m0/s1. The van der Waals surface area contributed by atoms with Crippen LogP contribution in [0.5, 0.6) is 5.75 Å². The summed E-state index contributed by atoms with van der Waals surface area (Å²) in [7, 11) is 1.62. The largest absolute Gasteiger partial charge is 0.497 e. The van der Waals surface area contributed by atoms with Gasteiger partial charge in [-0.05, 0) is 36.8 Å². The fraction of sp³-hybridized carbons (Fsp3) is 0.211. The second kappa shape index (κ2) is 7.73. The van der Waals surface area contributed by atoms with Crippen molar-refractivity contribution in [1.29, 1.82) is 0 Å². The molecular weight excluding hydrogens is 398 g/mol. The zero-order valence-electron chi connectivity index (χ0n) is 15.2. The number of anilines is 1. The molecule has 0 unspecified atom stereocenters. The van der Waals surface area contributed by atoms with Gasteiger partial charge in [0.2, 0.25) is 11.1 Å². The van der Waals surface area contributed by atoms with E-state index in [9.17, 15) is 4.79 Å². The van der Waals surface area contributed by atoms with Crippen LogP contribution in [0.4, 0.5) is 5.69 Å². The highest BCUT2D eigenvalue weighted by atomic mass is 35.5. The van der Waals surface area contributed by atoms with E-state index >= 15 is 0 Å². The third-order valence-corrected chi connectivity index (χ3v) is 6.01. The van der Waals surface area contributed by atoms with Crippen molar-refractivity contribution < 1.29 is 9.53 Å². The molecule has 4 rings (SSSR count). The van der Waals surface area contributed by atoms with Gasteiger partial charge in [0.15, 0.2) is 0 Å². The zero-order chi connectivity index (χ0) is 19.7. The van der Waals surface area contributed by atoms with Crippen LogP contribution in [0, 0.1) is 6.92 Å². The third kappa shape index (κ3) is 3.53. The van der Waals surface area contributed by atoms with Gasteiger partial charge in [0.05, 0.1) is 23.9 Å². The van der Waals surface area contributed by atoms with Crippen molar-refractivity contribution in [3.63, 3.8) is 0 Å². The lowest BCUT2D eigenvalue weighted by molar-refractivity contribution is -0.116. The smallest absolute Gasteiger partial charge is 0.240 e. The van der Waals surface area contributed by atoms with Crippen molar-refractivity contribution in [2.75, 3.05) is 17.9 Å². The Morgan fingerprint density at radius 2 is 1.96 bits per heavy atom. The number of aromatic nitrogens is 3. The molecule has 2 aromatic carbocycles. The number of amides is 1. The maximum Gasteiger partial charge on any atom is 0.240 e. The molecule has 2 heterocycles. The van der Waals surface area contributed by atoms with Crippen LogP contribution in [0.25, 0.3) is 0 Å². The first-order valence-electron chi connectivity index (χ1n) is 8.61. The number of hydrogen-bond acceptors (Lipinski definition) is 6. The number of benzene rings is 2. The second-order valence-electron chi connectivity index (χ2n) is 6.25. The lowest BCUT2D eigenvalue weighted by atomic mass is 10.0. The van der Waals surface area contributed by atoms with Crippen LogP contribution in [0.15, 0.2) is 53.7 Å². The van der Waals surface area contributed by atoms with E-state index in [0.717, 1.165) is 17.1 Å². The van der Waals surface area contributed by atoms with Gasteiger partial charge in [-0.3, -0.25) is 4.79 Å². The first kappa shape index (κ1) is 18.6. The topological polar surface area (TPSA) is 81.1 Å². The first-order chi connectivity index (χ1) is 13.6. The normalized spacial score (nSPS) is 18.1. The molecule has 1 amide bonds. The molecule has 1 aliphatic rings. The van der Waals surface area contributed by atoms with Crippen molar-refractivity contribution in [3.05, 3.63) is 64.9 Å². The molecule has 2 N–H and O–H groups in total. The summed E-state index contributed by atoms with van der Waals surface area (Å²) in [4.78, 5) is 13.1. The maximum atomic E-state index is 13.1. The molecule has 0 saturated carbocycles. The fourth-order valence-electron chi connectivity index (χ4n) is 2.99. The summed E-state index contributed by atoms with van der Waals surface area (Å²) < 4.78 is 7.05. The lowest BCUT2D eigenvalue weighted by Gasteiger charge is -2.32. The van der Waals surface area contributed by atoms with E-state index in [1.165, 1.54) is 11.8 Å². The van der Waals surface area contributed by atoms with Gasteiger partial charge >= 0.3 is 0 Å². The molecule has 3 aromatic rings. The number of rotatable bonds is 4. The Morgan fingerprint density at radius 1 is 1.21 bits per heavy atom. The van der Waals surface area contributed by atoms with Crippen molar-refractivity contribution >= 4 is 35.0 Å². The Kier molecular flexibility index (Phi) is 5.15. The van der Waals surface area contributed by atoms with E-state index < -0.39 is 5.25 Å². The minimum Gasteiger partial charge on any atom is -0.497 e. The number of nitrogens with zero attached hydrogens (tertiary/aromatic N) is 3. The predicted octanol–water partition coefficient (Wildman–Crippen LogP) is 3.65. The Balaban J connectivity index is 1.67. The Bertz CT molecular complexity index is 1010. The molecule has 7 nitrogen and oxygen atoms in total. The van der Waals surface area contributed by atoms with Gasteiger partial charge in [-0.25, -0.2) is 4.68 Å². The lowest BCUT2D eigenvalue weighted by Crippen LogP contribution is -2.41. The van der Waals surface area contributed by atoms with E-state index in [4.69, 9.17) is 16.3 Å². The van der Waals surface area contributed by atoms with Gasteiger partial charge in [0.1, 0.15) is 16.8 Å². The van der Waals surface area contributed by atoms with E-state index in [-0.39, 0.29) is 11.9 Å². The van der Waals surface area contributed by atoms with Gasteiger partial charge in [-0.2, -0.15) is 0 Å². The quantitative estimate of drug-likeness (QED) is 0.677. The number of aryl methyl sites for hydroxylation is 1. The molecule has 1 aromatic heterocycles. The van der Waals surface area contributed by atoms with Crippen LogP contribution in [0.3, 0.4) is 0 Å². The fourth-order valence-corrected chi connectivity index (χ4v) is 4.30. The maximum absolute atomic E-state index is 13.1. The van der Waals surface area contributed by atoms with Gasteiger partial charge in [0.25, 0.3) is 0 Å². The minimum absolute atomic E-state index is 0.168. The number of carbonyl (C=O) groups excluding carboxylic acids is 1. The second-order valence-corrected chi connectivity index (χ2v) is 7.77. The van der Waals surface area contributed by atoms with Crippen molar-refractivity contribution in [2.45, 2.75) is 23.4 Å². The summed E-state index contributed by atoms with van der Waals surface area (Å²) in [5.74, 6) is 1.31. The summed E-state index contributed by atoms with van der Waals surface area (Å²) in [6.07, 6.45) is 0. The van der Waals surface area contributed by atoms with Crippen LogP contribution >= 0.6 is 23.4 Å². The Labute approximate surface area is 171 Å². The SMILES string of the molecule is COc1ccc([C@@H]2Nn3c(C)nnc3S[C@H]2C(=O)Nc2ccccc2Cl)cc1. The predicted molar refractivity (Wildman–Crippen MR) is 110 cm³/mol. The van der Waals surface area contributed by atoms with E-state index in [2.05, 4.69) is 20.9 Å². The van der Waals surface area contributed by atoms with Crippen molar-refractivity contribution in [1.82, 2.24) is 14.9 Å². The minimum atomic E-state index is -0.472. The number of methoxy groups -OCH3 is 1. The molecule has 28 heavy (non-hydrogen) atoms. The molecule has 2 atom stereocenters. The van der Waals surface area contributed by atoms with Gasteiger partial charge in [-0.1, -0.05) is 47.6 Å². The average molecular weight is 416 g/mol. The Morgan fingerprint density at radius 3 is 2.68 bits per heavy atom. The molecule has 1 aliphatic heterocycles. The number of para-hydroxylation sites is 1. The van der Waals surface area contributed by atoms with Gasteiger partial charge < -0.3 is 15.5 Å². The molecule has 0 fully saturated rings. The number of thioether (sulfide) groups is 1. The third-order valence-electron chi connectivity index (χ3n) is 4.46. The summed E-state index contributed by atoms with van der Waals surface area (Å²) in [6.45, 7) is 1.86. The van der Waals surface area contributed by atoms with E-state index in [0.29, 0.717) is 15.9 Å². The summed E-state index contributed by atoms with van der Waals surface area (Å²) in [6, 6.07) is 14.5. The molecule has 0 radical (unpaired) electrons. The highest BCUT2D eigenvalue weighted by molar-refractivity contribution is 8.00. The monoisotopic (exact) mass is 415 g/mol. The number of nitrogens with one attached hydrogen (secondary N) is 2. The van der Waals surface area contributed by atoms with E-state index in [1.807, 2.05) is 43.3 Å². The highest BCUT2D eigenvalue weighted by Gasteiger charge is 2.37. The van der Waals surface area contributed by atoms with Crippen molar-refractivity contribution in [3.8, 4) is 5.75 Å². The van der Waals surface area contributed by atoms with Gasteiger partial charge in [-0.15, -0.1) is 10.2 Å². The van der Waals surface area contributed by atoms with Crippen molar-refractivity contribution in [2.24, 2.45) is 0 Å². The average Bonchev–Trinajstić information content (AvgIpc) is 3.09. The van der Waals surface area contributed by atoms with Crippen LogP contribution in [-0.2, 0) is 4.79 Å². The molecule has 0 spiro atoms. The van der Waals surface area contributed by atoms with Crippen LogP contribution in [0.1, 0.15) is 17.4 Å². The van der Waals surface area contributed by atoms with Crippen LogP contribution in [-0.4, -0.2) is 33.1 Å². The summed E-state index contributed by atoms with van der Waals surface area (Å²) in [5.41, 5.74) is 4.89. The molecule has 9 heteroatoms. The Hall–Kier alpha value is -2.71. The van der Waals surface area contributed by atoms with E-state index in [1.54, 1.807) is 23.9 Å².